The number of allylic oxidation sites excluding steroid dienone is 1. The molecular weight excluding hydrogens is 212 g/mol. The Morgan fingerprint density at radius 1 is 1.92 bits per heavy atom. The molecule has 0 fully saturated rings. The Kier molecular flexibility index (Phi) is 3.39. The number of rotatable bonds is 3. The molecule has 1 aromatic heterocycles. The van der Waals surface area contributed by atoms with Gasteiger partial charge in [0.1, 0.15) is 9.34 Å². The van der Waals surface area contributed by atoms with Crippen molar-refractivity contribution in [2.75, 3.05) is 0 Å². The van der Waals surface area contributed by atoms with Gasteiger partial charge in [-0.15, -0.1) is 11.3 Å². The Morgan fingerprint density at radius 3 is 3.00 bits per heavy atom. The van der Waals surface area contributed by atoms with Crippen LogP contribution < -0.4 is 0 Å². The molecule has 0 aliphatic carbocycles. The summed E-state index contributed by atoms with van der Waals surface area (Å²) in [5.74, 6) is 0. The Balaban J connectivity index is 2.91. The summed E-state index contributed by atoms with van der Waals surface area (Å²) in [6.07, 6.45) is 3.30. The van der Waals surface area contributed by atoms with Gasteiger partial charge in [0.25, 0.3) is 0 Å². The van der Waals surface area contributed by atoms with Gasteiger partial charge < -0.3 is 0 Å². The molecule has 0 saturated heterocycles. The lowest BCUT2D eigenvalue weighted by Crippen LogP contribution is -1.96. The van der Waals surface area contributed by atoms with Crippen LogP contribution in [0.25, 0.3) is 6.08 Å². The predicted molar refractivity (Wildman–Crippen MR) is 52.4 cm³/mol. The van der Waals surface area contributed by atoms with Crippen LogP contribution in [-0.2, 0) is 0 Å². The van der Waals surface area contributed by atoms with Crippen LogP contribution in [0.4, 0.5) is 0 Å². The monoisotopic (exact) mass is 218 g/mol. The highest BCUT2D eigenvalue weighted by Gasteiger charge is 2.08. The Bertz CT molecular complexity index is 348. The van der Waals surface area contributed by atoms with E-state index < -0.39 is 4.92 Å². The van der Waals surface area contributed by atoms with Crippen molar-refractivity contribution >= 4 is 29.0 Å². The van der Waals surface area contributed by atoms with Gasteiger partial charge in [0.15, 0.2) is 0 Å². The van der Waals surface area contributed by atoms with E-state index in [4.69, 9.17) is 11.6 Å². The minimum atomic E-state index is -0.407. The van der Waals surface area contributed by atoms with E-state index in [9.17, 15) is 10.1 Å². The minimum absolute atomic E-state index is 0.144. The molecule has 1 rings (SSSR count). The molecule has 0 saturated carbocycles. The molecule has 0 unspecified atom stereocenters. The molecule has 0 atom stereocenters. The van der Waals surface area contributed by atoms with Gasteiger partial charge in [-0.1, -0.05) is 18.5 Å². The Morgan fingerprint density at radius 2 is 2.62 bits per heavy atom. The van der Waals surface area contributed by atoms with Gasteiger partial charge >= 0.3 is 0 Å². The Labute approximate surface area is 84.0 Å². The van der Waals surface area contributed by atoms with Crippen LogP contribution in [0.2, 0.25) is 4.34 Å². The third kappa shape index (κ3) is 2.78. The largest absolute Gasteiger partial charge is 0.259 e. The number of nitro groups is 1. The number of halogens is 1. The average molecular weight is 219 g/mol. The van der Waals surface area contributed by atoms with E-state index in [1.54, 1.807) is 6.92 Å². The molecular formula is C7H7ClN2O2S. The second kappa shape index (κ2) is 4.34. The van der Waals surface area contributed by atoms with Crippen LogP contribution in [0.3, 0.4) is 0 Å². The molecule has 0 N–H and O–H groups in total. The number of nitrogens with zero attached hydrogens (tertiary/aromatic N) is 2. The number of thiazole rings is 1. The van der Waals surface area contributed by atoms with Crippen molar-refractivity contribution in [1.82, 2.24) is 4.98 Å². The molecule has 0 aromatic carbocycles. The molecule has 0 bridgehead atoms. The fraction of sp³-hybridized carbons (Fsp3) is 0.286. The van der Waals surface area contributed by atoms with Crippen molar-refractivity contribution in [2.45, 2.75) is 13.3 Å². The maximum Gasteiger partial charge on any atom is 0.248 e. The highest BCUT2D eigenvalue weighted by molar-refractivity contribution is 7.16. The van der Waals surface area contributed by atoms with Gasteiger partial charge in [0, 0.05) is 12.5 Å². The summed E-state index contributed by atoms with van der Waals surface area (Å²) in [6.45, 7) is 1.73. The fourth-order valence-corrected chi connectivity index (χ4v) is 1.65. The van der Waals surface area contributed by atoms with Gasteiger partial charge in [-0.25, -0.2) is 4.98 Å². The van der Waals surface area contributed by atoms with Crippen molar-refractivity contribution < 1.29 is 4.92 Å². The lowest BCUT2D eigenvalue weighted by Gasteiger charge is -1.90. The molecule has 0 radical (unpaired) electrons. The summed E-state index contributed by atoms with van der Waals surface area (Å²) < 4.78 is 0.532. The second-order valence-electron chi connectivity index (χ2n) is 2.25. The third-order valence-electron chi connectivity index (χ3n) is 1.38. The first kappa shape index (κ1) is 10.1. The first-order chi connectivity index (χ1) is 6.13. The van der Waals surface area contributed by atoms with Crippen molar-refractivity contribution in [3.63, 3.8) is 0 Å². The smallest absolute Gasteiger partial charge is 0.248 e. The topological polar surface area (TPSA) is 56.0 Å². The highest BCUT2D eigenvalue weighted by atomic mass is 35.5. The van der Waals surface area contributed by atoms with Crippen molar-refractivity contribution in [3.8, 4) is 0 Å². The van der Waals surface area contributed by atoms with Crippen LogP contribution in [0.1, 0.15) is 18.4 Å². The molecule has 70 valence electrons. The molecule has 4 nitrogen and oxygen atoms in total. The highest BCUT2D eigenvalue weighted by Crippen LogP contribution is 2.21. The van der Waals surface area contributed by atoms with E-state index in [2.05, 4.69) is 4.98 Å². The average Bonchev–Trinajstić information content (AvgIpc) is 2.46. The summed E-state index contributed by atoms with van der Waals surface area (Å²) in [7, 11) is 0. The molecule has 13 heavy (non-hydrogen) atoms. The van der Waals surface area contributed by atoms with Crippen LogP contribution in [-0.4, -0.2) is 9.91 Å². The normalized spacial score (nSPS) is 11.7. The van der Waals surface area contributed by atoms with Crippen molar-refractivity contribution in [1.29, 1.82) is 0 Å². The molecule has 0 aliphatic heterocycles. The van der Waals surface area contributed by atoms with Crippen LogP contribution in [0, 0.1) is 10.1 Å². The molecule has 1 aromatic rings. The summed E-state index contributed by atoms with van der Waals surface area (Å²) in [4.78, 5) is 13.9. The van der Waals surface area contributed by atoms with Crippen LogP contribution in [0.5, 0.6) is 0 Å². The zero-order chi connectivity index (χ0) is 9.84. The van der Waals surface area contributed by atoms with Crippen molar-refractivity contribution in [3.05, 3.63) is 31.4 Å². The maximum atomic E-state index is 10.4. The number of hydrogen-bond donors (Lipinski definition) is 0. The van der Waals surface area contributed by atoms with Crippen molar-refractivity contribution in [2.24, 2.45) is 0 Å². The predicted octanol–water partition coefficient (Wildman–Crippen LogP) is 2.82. The van der Waals surface area contributed by atoms with Crippen LogP contribution in [0.15, 0.2) is 11.9 Å². The first-order valence-electron chi connectivity index (χ1n) is 3.59. The minimum Gasteiger partial charge on any atom is -0.259 e. The van der Waals surface area contributed by atoms with E-state index in [-0.39, 0.29) is 5.70 Å². The third-order valence-corrected chi connectivity index (χ3v) is 2.44. The molecule has 0 spiro atoms. The molecule has 0 aliphatic rings. The zero-order valence-corrected chi connectivity index (χ0v) is 8.43. The lowest BCUT2D eigenvalue weighted by atomic mass is 10.3. The quantitative estimate of drug-likeness (QED) is 0.579. The van der Waals surface area contributed by atoms with E-state index >= 15 is 0 Å². The van der Waals surface area contributed by atoms with Gasteiger partial charge in [-0.05, 0) is 0 Å². The first-order valence-corrected chi connectivity index (χ1v) is 4.79. The van der Waals surface area contributed by atoms with E-state index in [0.717, 1.165) is 0 Å². The molecule has 1 heterocycles. The number of aromatic nitrogens is 1. The second-order valence-corrected chi connectivity index (χ2v) is 3.94. The molecule has 0 amide bonds. The van der Waals surface area contributed by atoms with Gasteiger partial charge in [0.05, 0.1) is 11.1 Å². The summed E-state index contributed by atoms with van der Waals surface area (Å²) in [5, 5.41) is 11.0. The standard InChI is InChI=1S/C7H7ClN2O2S/c1-2-5(10(11)12)3-7-9-4-6(8)13-7/h3-4H,2H2,1H3/b5-3-. The number of hydrogen-bond acceptors (Lipinski definition) is 4. The van der Waals surface area contributed by atoms with E-state index in [0.29, 0.717) is 15.8 Å². The van der Waals surface area contributed by atoms with Gasteiger partial charge in [-0.3, -0.25) is 10.1 Å². The summed E-state index contributed by atoms with van der Waals surface area (Å²) in [5.41, 5.74) is 0.144. The van der Waals surface area contributed by atoms with Gasteiger partial charge in [-0.2, -0.15) is 0 Å². The molecule has 6 heteroatoms. The zero-order valence-electron chi connectivity index (χ0n) is 6.86. The van der Waals surface area contributed by atoms with E-state index in [1.165, 1.54) is 23.6 Å². The fourth-order valence-electron chi connectivity index (χ4n) is 0.760. The SMILES string of the molecule is CC/C(=C/c1ncc(Cl)s1)[N+](=O)[O-]. The maximum absolute atomic E-state index is 10.4. The summed E-state index contributed by atoms with van der Waals surface area (Å²) in [6, 6.07) is 0. The van der Waals surface area contributed by atoms with Crippen LogP contribution >= 0.6 is 22.9 Å². The summed E-state index contributed by atoms with van der Waals surface area (Å²) >= 11 is 6.85. The van der Waals surface area contributed by atoms with E-state index in [1.807, 2.05) is 0 Å². The van der Waals surface area contributed by atoms with Gasteiger partial charge in [0.2, 0.25) is 5.70 Å². The Hall–Kier alpha value is -0.940. The lowest BCUT2D eigenvalue weighted by molar-refractivity contribution is -0.425.